The first-order valence-electron chi connectivity index (χ1n) is 6.80. The quantitative estimate of drug-likeness (QED) is 0.616. The first-order chi connectivity index (χ1) is 9.99. The Morgan fingerprint density at radius 2 is 2.10 bits per heavy atom. The van der Waals surface area contributed by atoms with Gasteiger partial charge in [0, 0.05) is 26.2 Å². The molecule has 1 aliphatic rings. The number of hydrogen-bond donors (Lipinski definition) is 0. The molecule has 2 rings (SSSR count). The Morgan fingerprint density at radius 3 is 2.71 bits per heavy atom. The minimum absolute atomic E-state index is 0.0206. The average molecular weight is 293 g/mol. The van der Waals surface area contributed by atoms with E-state index in [4.69, 9.17) is 4.74 Å². The third kappa shape index (κ3) is 3.69. The van der Waals surface area contributed by atoms with Crippen molar-refractivity contribution in [1.29, 1.82) is 0 Å². The molecule has 114 valence electrons. The van der Waals surface area contributed by atoms with Gasteiger partial charge in [0.15, 0.2) is 0 Å². The van der Waals surface area contributed by atoms with E-state index in [1.54, 1.807) is 35.9 Å². The van der Waals surface area contributed by atoms with E-state index in [2.05, 4.69) is 0 Å². The zero-order chi connectivity index (χ0) is 15.4. The van der Waals surface area contributed by atoms with Crippen molar-refractivity contribution in [3.05, 3.63) is 33.9 Å². The summed E-state index contributed by atoms with van der Waals surface area (Å²) in [7, 11) is 1.69. The molecule has 0 unspecified atom stereocenters. The fourth-order valence-corrected chi connectivity index (χ4v) is 2.30. The Balaban J connectivity index is 2.11. The van der Waals surface area contributed by atoms with Crippen molar-refractivity contribution in [2.75, 3.05) is 44.8 Å². The van der Waals surface area contributed by atoms with Gasteiger partial charge in [-0.15, -0.1) is 0 Å². The molecule has 0 saturated carbocycles. The van der Waals surface area contributed by atoms with Gasteiger partial charge in [0.2, 0.25) is 5.91 Å². The maximum atomic E-state index is 12.2. The second kappa shape index (κ2) is 6.53. The summed E-state index contributed by atoms with van der Waals surface area (Å²) < 4.78 is 5.21. The molecule has 1 fully saturated rings. The number of ether oxygens (including phenoxy) is 1. The number of benzene rings is 1. The van der Waals surface area contributed by atoms with Gasteiger partial charge in [0.1, 0.15) is 5.69 Å². The lowest BCUT2D eigenvalue weighted by Gasteiger charge is -2.29. The van der Waals surface area contributed by atoms with Crippen molar-refractivity contribution in [3.63, 3.8) is 0 Å². The lowest BCUT2D eigenvalue weighted by molar-refractivity contribution is -0.384. The van der Waals surface area contributed by atoms with Crippen LogP contribution in [0.15, 0.2) is 18.2 Å². The van der Waals surface area contributed by atoms with Gasteiger partial charge in [0.05, 0.1) is 24.7 Å². The highest BCUT2D eigenvalue weighted by molar-refractivity contribution is 5.82. The minimum atomic E-state index is -0.419. The minimum Gasteiger partial charge on any atom is -0.378 e. The predicted octanol–water partition coefficient (Wildman–Crippen LogP) is 1.20. The van der Waals surface area contributed by atoms with Gasteiger partial charge >= 0.3 is 0 Å². The van der Waals surface area contributed by atoms with Crippen molar-refractivity contribution in [2.45, 2.75) is 6.92 Å². The van der Waals surface area contributed by atoms with Crippen molar-refractivity contribution >= 4 is 17.3 Å². The van der Waals surface area contributed by atoms with Gasteiger partial charge in [-0.3, -0.25) is 14.9 Å². The largest absolute Gasteiger partial charge is 0.378 e. The SMILES string of the molecule is Cc1ccc(N(C)CC(=O)N2CCOCC2)c([N+](=O)[O-])c1. The Kier molecular flexibility index (Phi) is 4.74. The molecule has 7 nitrogen and oxygen atoms in total. The molecule has 0 spiro atoms. The Labute approximate surface area is 123 Å². The number of anilines is 1. The third-order valence-electron chi connectivity index (χ3n) is 3.48. The molecule has 0 N–H and O–H groups in total. The van der Waals surface area contributed by atoms with E-state index in [1.165, 1.54) is 6.07 Å². The van der Waals surface area contributed by atoms with Crippen LogP contribution in [0.2, 0.25) is 0 Å². The summed E-state index contributed by atoms with van der Waals surface area (Å²) in [5.74, 6) is -0.0457. The van der Waals surface area contributed by atoms with Crippen LogP contribution in [-0.2, 0) is 9.53 Å². The van der Waals surface area contributed by atoms with Gasteiger partial charge in [-0.25, -0.2) is 0 Å². The van der Waals surface area contributed by atoms with Crippen LogP contribution in [0.1, 0.15) is 5.56 Å². The fraction of sp³-hybridized carbons (Fsp3) is 0.500. The second-order valence-electron chi connectivity index (χ2n) is 5.10. The van der Waals surface area contributed by atoms with Crippen LogP contribution >= 0.6 is 0 Å². The van der Waals surface area contributed by atoms with Crippen molar-refractivity contribution in [1.82, 2.24) is 4.90 Å². The van der Waals surface area contributed by atoms with Crippen LogP contribution in [-0.4, -0.2) is 55.6 Å². The molecule has 7 heteroatoms. The van der Waals surface area contributed by atoms with E-state index in [1.807, 2.05) is 0 Å². The first kappa shape index (κ1) is 15.2. The van der Waals surface area contributed by atoms with E-state index >= 15 is 0 Å². The molecule has 0 aliphatic carbocycles. The predicted molar refractivity (Wildman–Crippen MR) is 78.5 cm³/mol. The van der Waals surface area contributed by atoms with Gasteiger partial charge in [-0.05, 0) is 18.6 Å². The molecule has 1 amide bonds. The number of amides is 1. The summed E-state index contributed by atoms with van der Waals surface area (Å²) >= 11 is 0. The summed E-state index contributed by atoms with van der Waals surface area (Å²) in [6.45, 7) is 4.14. The van der Waals surface area contributed by atoms with E-state index < -0.39 is 4.92 Å². The molecular weight excluding hydrogens is 274 g/mol. The van der Waals surface area contributed by atoms with E-state index in [9.17, 15) is 14.9 Å². The highest BCUT2D eigenvalue weighted by atomic mass is 16.6. The topological polar surface area (TPSA) is 75.9 Å². The zero-order valence-corrected chi connectivity index (χ0v) is 12.2. The summed E-state index contributed by atoms with van der Waals surface area (Å²) in [5, 5.41) is 11.1. The smallest absolute Gasteiger partial charge is 0.292 e. The lowest BCUT2D eigenvalue weighted by atomic mass is 10.2. The Morgan fingerprint density at radius 1 is 1.43 bits per heavy atom. The molecule has 0 radical (unpaired) electrons. The summed E-state index contributed by atoms with van der Waals surface area (Å²) in [5.41, 5.74) is 1.29. The maximum Gasteiger partial charge on any atom is 0.292 e. The fourth-order valence-electron chi connectivity index (χ4n) is 2.30. The summed E-state index contributed by atoms with van der Waals surface area (Å²) in [4.78, 5) is 26.2. The van der Waals surface area contributed by atoms with Gasteiger partial charge < -0.3 is 14.5 Å². The molecule has 21 heavy (non-hydrogen) atoms. The molecule has 1 heterocycles. The normalized spacial score (nSPS) is 14.9. The van der Waals surface area contributed by atoms with Crippen LogP contribution < -0.4 is 4.90 Å². The number of morpholine rings is 1. The van der Waals surface area contributed by atoms with Gasteiger partial charge in [0.25, 0.3) is 5.69 Å². The van der Waals surface area contributed by atoms with Crippen molar-refractivity contribution in [2.24, 2.45) is 0 Å². The van der Waals surface area contributed by atoms with Crippen molar-refractivity contribution in [3.8, 4) is 0 Å². The Hall–Kier alpha value is -2.15. The van der Waals surface area contributed by atoms with Crippen LogP contribution in [0.5, 0.6) is 0 Å². The van der Waals surface area contributed by atoms with Crippen LogP contribution in [0, 0.1) is 17.0 Å². The lowest BCUT2D eigenvalue weighted by Crippen LogP contribution is -2.45. The van der Waals surface area contributed by atoms with Crippen LogP contribution in [0.3, 0.4) is 0 Å². The highest BCUT2D eigenvalue weighted by Gasteiger charge is 2.22. The number of aryl methyl sites for hydroxylation is 1. The molecule has 1 aromatic rings. The number of carbonyl (C=O) groups is 1. The third-order valence-corrected chi connectivity index (χ3v) is 3.48. The van der Waals surface area contributed by atoms with Gasteiger partial charge in [-0.2, -0.15) is 0 Å². The number of carbonyl (C=O) groups excluding carboxylic acids is 1. The number of nitrogens with zero attached hydrogens (tertiary/aromatic N) is 3. The molecule has 1 aliphatic heterocycles. The molecular formula is C14H19N3O4. The Bertz CT molecular complexity index is 541. The van der Waals surface area contributed by atoms with Crippen LogP contribution in [0.25, 0.3) is 0 Å². The first-order valence-corrected chi connectivity index (χ1v) is 6.80. The number of nitro groups is 1. The number of likely N-dealkylation sites (N-methyl/N-ethyl adjacent to an activating group) is 1. The van der Waals surface area contributed by atoms with E-state index in [0.29, 0.717) is 32.0 Å². The molecule has 1 aromatic carbocycles. The molecule has 0 atom stereocenters. The summed E-state index contributed by atoms with van der Waals surface area (Å²) in [6, 6.07) is 5.00. The van der Waals surface area contributed by atoms with Gasteiger partial charge in [-0.1, -0.05) is 6.07 Å². The molecule has 0 aromatic heterocycles. The zero-order valence-electron chi connectivity index (χ0n) is 12.2. The van der Waals surface area contributed by atoms with Crippen molar-refractivity contribution < 1.29 is 14.5 Å². The van der Waals surface area contributed by atoms with Crippen LogP contribution in [0.4, 0.5) is 11.4 Å². The molecule has 0 bridgehead atoms. The monoisotopic (exact) mass is 293 g/mol. The standard InChI is InChI=1S/C14H19N3O4/c1-11-3-4-12(13(9-11)17(19)20)15(2)10-14(18)16-5-7-21-8-6-16/h3-4,9H,5-8,10H2,1-2H3. The highest BCUT2D eigenvalue weighted by Crippen LogP contribution is 2.28. The maximum absolute atomic E-state index is 12.2. The number of nitro benzene ring substituents is 1. The van der Waals surface area contributed by atoms with E-state index in [0.717, 1.165) is 5.56 Å². The number of hydrogen-bond acceptors (Lipinski definition) is 5. The second-order valence-corrected chi connectivity index (χ2v) is 5.10. The number of rotatable bonds is 4. The van der Waals surface area contributed by atoms with E-state index in [-0.39, 0.29) is 18.1 Å². The molecule has 1 saturated heterocycles. The summed E-state index contributed by atoms with van der Waals surface area (Å²) in [6.07, 6.45) is 0. The average Bonchev–Trinajstić information content (AvgIpc) is 2.47.